The highest BCUT2D eigenvalue weighted by molar-refractivity contribution is 8.18. The lowest BCUT2D eigenvalue weighted by Gasteiger charge is -2.32. The van der Waals surface area contributed by atoms with Gasteiger partial charge in [0.25, 0.3) is 11.1 Å². The van der Waals surface area contributed by atoms with Crippen molar-refractivity contribution in [3.05, 3.63) is 64.6 Å². The van der Waals surface area contributed by atoms with Crippen LogP contribution in [0.15, 0.2) is 41.4 Å². The van der Waals surface area contributed by atoms with E-state index in [4.69, 9.17) is 5.73 Å². The highest BCUT2D eigenvalue weighted by Crippen LogP contribution is 2.27. The number of pyridine rings is 2. The topological polar surface area (TPSA) is 139 Å². The maximum absolute atomic E-state index is 13.7. The van der Waals surface area contributed by atoms with Crippen molar-refractivity contribution >= 4 is 40.8 Å². The second-order valence-electron chi connectivity index (χ2n) is 8.94. The minimum Gasteiger partial charge on any atom is -0.384 e. The Morgan fingerprint density at radius 2 is 1.87 bits per heavy atom. The minimum atomic E-state index is -0.918. The first-order valence-electron chi connectivity index (χ1n) is 12.0. The molecule has 10 nitrogen and oxygen atoms in total. The summed E-state index contributed by atoms with van der Waals surface area (Å²) >= 11 is 0.852. The van der Waals surface area contributed by atoms with Gasteiger partial charge in [0.2, 0.25) is 17.8 Å². The van der Waals surface area contributed by atoms with Crippen LogP contribution < -0.4 is 21.3 Å². The van der Waals surface area contributed by atoms with Gasteiger partial charge in [0.15, 0.2) is 0 Å². The van der Waals surface area contributed by atoms with E-state index in [1.54, 1.807) is 30.5 Å². The van der Waals surface area contributed by atoms with Crippen LogP contribution in [-0.4, -0.2) is 50.7 Å². The van der Waals surface area contributed by atoms with Gasteiger partial charge >= 0.3 is 0 Å². The quantitative estimate of drug-likeness (QED) is 0.304. The Balaban J connectivity index is 1.16. The van der Waals surface area contributed by atoms with E-state index in [0.717, 1.165) is 61.9 Å². The lowest BCUT2D eigenvalue weighted by molar-refractivity contribution is -0.115. The standard InChI is InChI=1S/C25H24F2N8O2S/c26-19-9-16(10-20(27)32-19)22-15(1-2-21(28)33-22)13-29-12-14-4-7-35(8-5-14)24-30-6-3-17(31-24)11-18-23(36)34-25(37)38-18/h1-3,6,9-11,14,29H,4-5,7-8,12-13H2,(H2,28,33)(H,34,36,37). The van der Waals surface area contributed by atoms with Gasteiger partial charge in [-0.25, -0.2) is 15.0 Å². The third-order valence-corrected chi connectivity index (χ3v) is 7.08. The Morgan fingerprint density at radius 3 is 2.58 bits per heavy atom. The molecule has 0 radical (unpaired) electrons. The molecule has 0 aromatic carbocycles. The lowest BCUT2D eigenvalue weighted by atomic mass is 9.97. The summed E-state index contributed by atoms with van der Waals surface area (Å²) < 4.78 is 27.3. The van der Waals surface area contributed by atoms with Crippen molar-refractivity contribution in [3.8, 4) is 11.3 Å². The molecule has 2 amide bonds. The van der Waals surface area contributed by atoms with Crippen molar-refractivity contribution in [2.45, 2.75) is 19.4 Å². The first-order chi connectivity index (χ1) is 18.3. The predicted octanol–water partition coefficient (Wildman–Crippen LogP) is 3.12. The second kappa shape index (κ2) is 11.2. The van der Waals surface area contributed by atoms with E-state index in [1.165, 1.54) is 0 Å². The van der Waals surface area contributed by atoms with Gasteiger partial charge in [-0.15, -0.1) is 0 Å². The second-order valence-corrected chi connectivity index (χ2v) is 9.95. The largest absolute Gasteiger partial charge is 0.384 e. The van der Waals surface area contributed by atoms with E-state index in [-0.39, 0.29) is 11.4 Å². The van der Waals surface area contributed by atoms with Crippen LogP contribution >= 0.6 is 11.8 Å². The van der Waals surface area contributed by atoms with Crippen LogP contribution in [0, 0.1) is 17.8 Å². The molecule has 0 aliphatic carbocycles. The zero-order valence-electron chi connectivity index (χ0n) is 20.2. The number of carbonyl (C=O) groups excluding carboxylic acids is 2. The predicted molar refractivity (Wildman–Crippen MR) is 140 cm³/mol. The van der Waals surface area contributed by atoms with E-state index in [9.17, 15) is 18.4 Å². The average molecular weight is 539 g/mol. The smallest absolute Gasteiger partial charge is 0.290 e. The number of hydrogen-bond acceptors (Lipinski definition) is 10. The number of thioether (sulfide) groups is 1. The van der Waals surface area contributed by atoms with Crippen LogP contribution in [-0.2, 0) is 11.3 Å². The molecule has 2 aliphatic heterocycles. The van der Waals surface area contributed by atoms with Crippen molar-refractivity contribution in [1.29, 1.82) is 0 Å². The van der Waals surface area contributed by atoms with Gasteiger partial charge in [-0.1, -0.05) is 6.07 Å². The van der Waals surface area contributed by atoms with Gasteiger partial charge in [-0.3, -0.25) is 14.9 Å². The Bertz CT molecular complexity index is 1390. The van der Waals surface area contributed by atoms with Crippen LogP contribution in [0.2, 0.25) is 0 Å². The van der Waals surface area contributed by atoms with Crippen molar-refractivity contribution in [2.24, 2.45) is 5.92 Å². The first kappa shape index (κ1) is 25.7. The van der Waals surface area contributed by atoms with E-state index in [2.05, 4.69) is 35.5 Å². The zero-order valence-corrected chi connectivity index (χ0v) is 21.0. The van der Waals surface area contributed by atoms with Crippen LogP contribution in [0.3, 0.4) is 0 Å². The number of carbonyl (C=O) groups is 2. The number of nitrogens with zero attached hydrogens (tertiary/aromatic N) is 5. The molecule has 5 heterocycles. The maximum Gasteiger partial charge on any atom is 0.290 e. The van der Waals surface area contributed by atoms with Crippen molar-refractivity contribution in [3.63, 3.8) is 0 Å². The molecule has 3 aromatic rings. The number of nitrogen functional groups attached to an aromatic ring is 1. The summed E-state index contributed by atoms with van der Waals surface area (Å²) in [5, 5.41) is 5.27. The number of nitrogens with one attached hydrogen (secondary N) is 2. The van der Waals surface area contributed by atoms with Crippen molar-refractivity contribution < 1.29 is 18.4 Å². The molecular weight excluding hydrogens is 514 g/mol. The number of halogens is 2. The van der Waals surface area contributed by atoms with Crippen molar-refractivity contribution in [1.82, 2.24) is 30.6 Å². The molecule has 2 fully saturated rings. The third-order valence-electron chi connectivity index (χ3n) is 6.27. The number of rotatable bonds is 7. The van der Waals surface area contributed by atoms with E-state index < -0.39 is 23.0 Å². The first-order valence-corrected chi connectivity index (χ1v) is 12.8. The molecule has 0 spiro atoms. The highest BCUT2D eigenvalue weighted by atomic mass is 32.2. The lowest BCUT2D eigenvalue weighted by Crippen LogP contribution is -2.38. The Hall–Kier alpha value is -3.97. The van der Waals surface area contributed by atoms with Crippen LogP contribution in [0.5, 0.6) is 0 Å². The summed E-state index contributed by atoms with van der Waals surface area (Å²) in [6.07, 6.45) is 5.06. The van der Waals surface area contributed by atoms with Gasteiger partial charge < -0.3 is 16.0 Å². The maximum atomic E-state index is 13.7. The normalized spacial score (nSPS) is 17.3. The van der Waals surface area contributed by atoms with Gasteiger partial charge in [-0.2, -0.15) is 13.8 Å². The van der Waals surface area contributed by atoms with Crippen LogP contribution in [0.1, 0.15) is 24.1 Å². The summed E-state index contributed by atoms with van der Waals surface area (Å²) in [5.41, 5.74) is 7.86. The molecule has 0 atom stereocenters. The van der Waals surface area contributed by atoms with Gasteiger partial charge in [0, 0.05) is 43.5 Å². The molecular formula is C25H24F2N8O2S. The summed E-state index contributed by atoms with van der Waals surface area (Å²) in [7, 11) is 0. The van der Waals surface area contributed by atoms with Gasteiger partial charge in [0.1, 0.15) is 5.82 Å². The molecule has 38 heavy (non-hydrogen) atoms. The number of amides is 2. The summed E-state index contributed by atoms with van der Waals surface area (Å²) in [6, 6.07) is 7.43. The zero-order chi connectivity index (χ0) is 26.6. The van der Waals surface area contributed by atoms with Crippen molar-refractivity contribution in [2.75, 3.05) is 30.3 Å². The SMILES string of the molecule is Nc1ccc(CNCC2CCN(c3nccc(C=C4SC(=O)NC4=O)n3)CC2)c(-c2cc(F)nc(F)c2)n1. The Labute approximate surface area is 221 Å². The van der Waals surface area contributed by atoms with Crippen LogP contribution in [0.4, 0.5) is 25.3 Å². The highest BCUT2D eigenvalue weighted by Gasteiger charge is 2.26. The molecule has 2 saturated heterocycles. The number of anilines is 2. The molecule has 0 bridgehead atoms. The van der Waals surface area contributed by atoms with Gasteiger partial charge in [0.05, 0.1) is 16.3 Å². The number of nitrogens with two attached hydrogens (primary N) is 1. The molecule has 0 unspecified atom stereocenters. The number of imide groups is 1. The molecule has 2 aliphatic rings. The number of hydrogen-bond donors (Lipinski definition) is 3. The summed E-state index contributed by atoms with van der Waals surface area (Å²) in [5.74, 6) is -0.999. The molecule has 3 aromatic heterocycles. The minimum absolute atomic E-state index is 0.259. The van der Waals surface area contributed by atoms with Gasteiger partial charge in [-0.05, 0) is 60.8 Å². The van der Waals surface area contributed by atoms with Crippen LogP contribution in [0.25, 0.3) is 17.3 Å². The summed E-state index contributed by atoms with van der Waals surface area (Å²) in [6.45, 7) is 2.75. The fourth-order valence-corrected chi connectivity index (χ4v) is 5.06. The molecule has 0 saturated carbocycles. The molecule has 196 valence electrons. The number of aromatic nitrogens is 4. The Morgan fingerprint density at radius 1 is 1.11 bits per heavy atom. The fourth-order valence-electron chi connectivity index (χ4n) is 4.40. The van der Waals surface area contributed by atoms with E-state index in [1.807, 2.05) is 0 Å². The van der Waals surface area contributed by atoms with E-state index in [0.29, 0.717) is 34.7 Å². The monoisotopic (exact) mass is 538 g/mol. The third kappa shape index (κ3) is 6.11. The molecule has 5 rings (SSSR count). The average Bonchev–Trinajstić information content (AvgIpc) is 3.21. The van der Waals surface area contributed by atoms with E-state index >= 15 is 0 Å². The summed E-state index contributed by atoms with van der Waals surface area (Å²) in [4.78, 5) is 41.9. The molecule has 13 heteroatoms. The molecule has 4 N–H and O–H groups in total. The Kier molecular flexibility index (Phi) is 7.56. The fraction of sp³-hybridized carbons (Fsp3) is 0.280. The number of piperidine rings is 1.